The summed E-state index contributed by atoms with van der Waals surface area (Å²) >= 11 is 4.62. The predicted octanol–water partition coefficient (Wildman–Crippen LogP) is 7.26. The molecule has 40 heavy (non-hydrogen) atoms. The number of nitrogen functional groups attached to an aromatic ring is 1. The number of anilines is 1. The number of hydrogen-bond acceptors (Lipinski definition) is 2. The van der Waals surface area contributed by atoms with Gasteiger partial charge in [0.25, 0.3) is 0 Å². The van der Waals surface area contributed by atoms with Crippen LogP contribution in [0.2, 0.25) is 0 Å². The number of hydrogen-bond donors (Lipinski definition) is 1. The standard InChI is InChI=1S/C26H24P2.C6H6N.C3H8S.Pd/c1-5-13-23(14-6-1)27(24-15-7-2-8-16-24)21-22-28(25-17-9-3-10-18-25)26-19-11-4-12-20-26;7-6-4-2-1-3-5-6;1-3(2)4;/h1-20H,21-22H2;1-2,4-5H,7H2;3-4H,1-2H3;/q;-1;;+2/p-1. The fraction of sp³-hybridized carbons (Fsp3) is 0.143. The Labute approximate surface area is 263 Å². The Balaban J connectivity index is 0.000000393. The van der Waals surface area contributed by atoms with Gasteiger partial charge in [0.1, 0.15) is 0 Å². The van der Waals surface area contributed by atoms with E-state index in [-0.39, 0.29) is 36.3 Å². The molecule has 1 nitrogen and oxygen atoms in total. The quantitative estimate of drug-likeness (QED) is 0.0648. The molecular formula is C35H37NP2PdS. The third-order valence-corrected chi connectivity index (χ3v) is 10.9. The molecule has 0 fully saturated rings. The molecule has 0 atom stereocenters. The van der Waals surface area contributed by atoms with Crippen LogP contribution in [-0.4, -0.2) is 17.6 Å². The van der Waals surface area contributed by atoms with Gasteiger partial charge in [-0.15, -0.1) is 0 Å². The summed E-state index contributed by atoms with van der Waals surface area (Å²) in [5, 5.41) is 6.30. The third kappa shape index (κ3) is 12.5. The summed E-state index contributed by atoms with van der Waals surface area (Å²) in [7, 11) is -0.696. The van der Waals surface area contributed by atoms with Crippen LogP contribution in [0.5, 0.6) is 0 Å². The molecule has 5 aromatic rings. The van der Waals surface area contributed by atoms with Crippen molar-refractivity contribution in [3.8, 4) is 0 Å². The summed E-state index contributed by atoms with van der Waals surface area (Å²) in [6.45, 7) is 3.96. The van der Waals surface area contributed by atoms with E-state index in [9.17, 15) is 0 Å². The molecule has 0 saturated carbocycles. The molecule has 0 aromatic heterocycles. The van der Waals surface area contributed by atoms with Crippen molar-refractivity contribution in [1.29, 1.82) is 0 Å². The third-order valence-electron chi connectivity index (χ3n) is 5.55. The van der Waals surface area contributed by atoms with Crippen molar-refractivity contribution in [3.05, 3.63) is 152 Å². The molecule has 5 aromatic carbocycles. The topological polar surface area (TPSA) is 26.0 Å². The van der Waals surface area contributed by atoms with Crippen LogP contribution in [0.1, 0.15) is 13.8 Å². The molecule has 2 N–H and O–H groups in total. The Morgan fingerprint density at radius 2 is 0.875 bits per heavy atom. The summed E-state index contributed by atoms with van der Waals surface area (Å²) in [4.78, 5) is 0. The molecule has 0 bridgehead atoms. The Hall–Kier alpha value is -2.23. The summed E-state index contributed by atoms with van der Waals surface area (Å²) < 4.78 is 0. The van der Waals surface area contributed by atoms with Gasteiger partial charge < -0.3 is 18.4 Å². The molecule has 0 spiro atoms. The van der Waals surface area contributed by atoms with Crippen LogP contribution in [0.25, 0.3) is 0 Å². The first-order chi connectivity index (χ1) is 19.0. The van der Waals surface area contributed by atoms with E-state index >= 15 is 0 Å². The van der Waals surface area contributed by atoms with Crippen LogP contribution in [0.4, 0.5) is 5.69 Å². The van der Waals surface area contributed by atoms with E-state index in [1.165, 1.54) is 33.5 Å². The van der Waals surface area contributed by atoms with E-state index in [1.807, 2.05) is 32.0 Å². The van der Waals surface area contributed by atoms with E-state index in [2.05, 4.69) is 140 Å². The zero-order chi connectivity index (χ0) is 27.7. The first kappa shape index (κ1) is 34.0. The molecule has 5 heteroatoms. The van der Waals surface area contributed by atoms with Crippen LogP contribution in [0, 0.1) is 6.07 Å². The van der Waals surface area contributed by atoms with E-state index in [1.54, 1.807) is 6.07 Å². The van der Waals surface area contributed by atoms with Crippen molar-refractivity contribution in [2.24, 2.45) is 0 Å². The second kappa shape index (κ2) is 19.8. The van der Waals surface area contributed by atoms with Gasteiger partial charge in [-0.1, -0.05) is 141 Å². The first-order valence-electron chi connectivity index (χ1n) is 13.2. The molecule has 0 radical (unpaired) electrons. The molecule has 0 aliphatic carbocycles. The Morgan fingerprint density at radius 3 is 1.07 bits per heavy atom. The van der Waals surface area contributed by atoms with Crippen molar-refractivity contribution in [2.75, 3.05) is 18.1 Å². The Bertz CT molecular complexity index is 1130. The summed E-state index contributed by atoms with van der Waals surface area (Å²) in [5.41, 5.74) is 6.09. The zero-order valence-corrected chi connectivity index (χ0v) is 27.2. The fourth-order valence-electron chi connectivity index (χ4n) is 3.85. The van der Waals surface area contributed by atoms with Gasteiger partial charge in [-0.2, -0.15) is 35.6 Å². The Morgan fingerprint density at radius 1 is 0.575 bits per heavy atom. The van der Waals surface area contributed by atoms with Gasteiger partial charge in [0.05, 0.1) is 0 Å². The number of benzene rings is 5. The van der Waals surface area contributed by atoms with E-state index in [4.69, 9.17) is 5.73 Å². The van der Waals surface area contributed by atoms with E-state index in [0.29, 0.717) is 5.25 Å². The molecule has 0 heterocycles. The molecule has 0 aliphatic rings. The molecule has 208 valence electrons. The molecular weight excluding hydrogens is 635 g/mol. The zero-order valence-electron chi connectivity index (χ0n) is 23.0. The summed E-state index contributed by atoms with van der Waals surface area (Å²) in [5.74, 6) is 0. The van der Waals surface area contributed by atoms with Crippen LogP contribution in [0.3, 0.4) is 0 Å². The van der Waals surface area contributed by atoms with Crippen LogP contribution in [-0.2, 0) is 33.1 Å². The van der Waals surface area contributed by atoms with Crippen LogP contribution < -0.4 is 27.0 Å². The molecule has 0 aliphatic heterocycles. The van der Waals surface area contributed by atoms with Gasteiger partial charge in [0.2, 0.25) is 0 Å². The maximum absolute atomic E-state index is 5.33. The minimum atomic E-state index is -0.348. The second-order valence-corrected chi connectivity index (χ2v) is 14.6. The number of rotatable bonds is 7. The maximum Gasteiger partial charge on any atom is 2.00 e. The van der Waals surface area contributed by atoms with E-state index in [0.717, 1.165) is 5.69 Å². The SMILES string of the molecule is CC(C)[S-].Nc1c[c-]ccc1.[Pd+2].c1ccc(P(CCP(c2ccccc2)c2ccccc2)c2ccccc2)cc1. The Kier molecular flexibility index (Phi) is 16.8. The average Bonchev–Trinajstić information content (AvgIpc) is 2.98. The van der Waals surface area contributed by atoms with Gasteiger partial charge in [-0.3, -0.25) is 0 Å². The minimum Gasteiger partial charge on any atom is -0.790 e. The van der Waals surface area contributed by atoms with Gasteiger partial charge in [-0.05, 0) is 49.4 Å². The van der Waals surface area contributed by atoms with Crippen molar-refractivity contribution in [3.63, 3.8) is 0 Å². The molecule has 0 amide bonds. The van der Waals surface area contributed by atoms with Crippen LogP contribution >= 0.6 is 15.8 Å². The normalized spacial score (nSPS) is 10.2. The second-order valence-electron chi connectivity index (χ2n) is 9.03. The van der Waals surface area contributed by atoms with Gasteiger partial charge in [-0.25, -0.2) is 0 Å². The smallest absolute Gasteiger partial charge is 0.790 e. The largest absolute Gasteiger partial charge is 2.00 e. The number of nitrogens with two attached hydrogens (primary N) is 1. The van der Waals surface area contributed by atoms with Crippen molar-refractivity contribution in [1.82, 2.24) is 0 Å². The maximum atomic E-state index is 5.33. The summed E-state index contributed by atoms with van der Waals surface area (Å²) in [6.07, 6.45) is 2.41. The van der Waals surface area contributed by atoms with Crippen LogP contribution in [0.15, 0.2) is 146 Å². The van der Waals surface area contributed by atoms with Crippen molar-refractivity contribution >= 4 is 55.4 Å². The fourth-order valence-corrected chi connectivity index (χ4v) is 9.21. The van der Waals surface area contributed by atoms with Crippen molar-refractivity contribution < 1.29 is 20.4 Å². The average molecular weight is 672 g/mol. The van der Waals surface area contributed by atoms with E-state index < -0.39 is 0 Å². The minimum absolute atomic E-state index is 0. The molecule has 5 rings (SSSR count). The molecule has 0 unspecified atom stereocenters. The van der Waals surface area contributed by atoms with Gasteiger partial charge >= 0.3 is 20.4 Å². The predicted molar refractivity (Wildman–Crippen MR) is 180 cm³/mol. The van der Waals surface area contributed by atoms with Gasteiger partial charge in [0.15, 0.2) is 0 Å². The van der Waals surface area contributed by atoms with Crippen molar-refractivity contribution in [2.45, 2.75) is 19.1 Å². The first-order valence-corrected chi connectivity index (χ1v) is 16.7. The molecule has 0 saturated heterocycles. The monoisotopic (exact) mass is 671 g/mol. The summed E-state index contributed by atoms with van der Waals surface area (Å²) in [6, 6.07) is 54.3. The van der Waals surface area contributed by atoms with Gasteiger partial charge in [0, 0.05) is 0 Å².